The van der Waals surface area contributed by atoms with Gasteiger partial charge in [0, 0.05) is 17.3 Å². The predicted molar refractivity (Wildman–Crippen MR) is 93.8 cm³/mol. The molecule has 2 aromatic rings. The molecule has 0 aliphatic rings. The summed E-state index contributed by atoms with van der Waals surface area (Å²) in [6.07, 6.45) is 1.79. The van der Waals surface area contributed by atoms with E-state index in [9.17, 15) is 4.39 Å². The molecule has 0 aliphatic carbocycles. The van der Waals surface area contributed by atoms with Crippen LogP contribution in [0.25, 0.3) is 6.08 Å². The number of hydrogen-bond acceptors (Lipinski definition) is 1. The Morgan fingerprint density at radius 3 is 2.64 bits per heavy atom. The molecule has 0 fully saturated rings. The summed E-state index contributed by atoms with van der Waals surface area (Å²) in [5.74, 6) is 0.192. The quantitative estimate of drug-likeness (QED) is 0.696. The molecule has 0 unspecified atom stereocenters. The second-order valence-corrected chi connectivity index (χ2v) is 6.27. The molecule has 3 heteroatoms. The topological polar surface area (TPSA) is 12.0 Å². The van der Waals surface area contributed by atoms with Gasteiger partial charge in [0.2, 0.25) is 0 Å². The Hall–Kier alpha value is -1.80. The van der Waals surface area contributed by atoms with Crippen LogP contribution in [0, 0.1) is 5.82 Å². The Morgan fingerprint density at radius 2 is 1.95 bits per heavy atom. The van der Waals surface area contributed by atoms with Crippen LogP contribution in [0.4, 0.5) is 10.1 Å². The third kappa shape index (κ3) is 4.35. The van der Waals surface area contributed by atoms with Gasteiger partial charge < -0.3 is 5.32 Å². The summed E-state index contributed by atoms with van der Waals surface area (Å²) in [4.78, 5) is 0. The predicted octanol–water partition coefficient (Wildman–Crippen LogP) is 6.16. The smallest absolute Gasteiger partial charge is 0.123 e. The molecule has 0 heterocycles. The summed E-state index contributed by atoms with van der Waals surface area (Å²) in [7, 11) is 0. The molecule has 0 amide bonds. The number of allylic oxidation sites excluding steroid dienone is 1. The Labute approximate surface area is 136 Å². The number of rotatable bonds is 5. The Balaban J connectivity index is 2.24. The van der Waals surface area contributed by atoms with E-state index in [0.717, 1.165) is 16.8 Å². The first-order valence-corrected chi connectivity index (χ1v) is 7.80. The molecule has 0 spiro atoms. The maximum Gasteiger partial charge on any atom is 0.123 e. The lowest BCUT2D eigenvalue weighted by atomic mass is 10.0. The third-order valence-electron chi connectivity index (χ3n) is 3.51. The third-order valence-corrected chi connectivity index (χ3v) is 3.62. The van der Waals surface area contributed by atoms with Gasteiger partial charge >= 0.3 is 0 Å². The normalized spacial score (nSPS) is 11.8. The molecule has 1 N–H and O–H groups in total. The first-order chi connectivity index (χ1) is 10.5. The zero-order valence-corrected chi connectivity index (χ0v) is 13.9. The first-order valence-electron chi connectivity index (χ1n) is 7.42. The van der Waals surface area contributed by atoms with Crippen molar-refractivity contribution in [1.29, 1.82) is 0 Å². The highest BCUT2D eigenvalue weighted by atomic mass is 35.5. The highest BCUT2D eigenvalue weighted by molar-refractivity contribution is 6.31. The highest BCUT2D eigenvalue weighted by Gasteiger charge is 2.07. The van der Waals surface area contributed by atoms with Crippen molar-refractivity contribution < 1.29 is 4.39 Å². The fourth-order valence-electron chi connectivity index (χ4n) is 2.43. The number of nitrogens with one attached hydrogen (secondary N) is 1. The minimum absolute atomic E-state index is 0.254. The SMILES string of the molecule is C/C(Cl)=C/c1cc(F)ccc1CNc1ccccc1C(C)C. The molecule has 0 radical (unpaired) electrons. The average Bonchev–Trinajstić information content (AvgIpc) is 2.46. The molecule has 0 saturated heterocycles. The van der Waals surface area contributed by atoms with Gasteiger partial charge in [-0.25, -0.2) is 4.39 Å². The summed E-state index contributed by atoms with van der Waals surface area (Å²) in [6.45, 7) is 6.75. The van der Waals surface area contributed by atoms with Crippen LogP contribution in [0.5, 0.6) is 0 Å². The Bertz CT molecular complexity index is 673. The van der Waals surface area contributed by atoms with Crippen LogP contribution in [0.3, 0.4) is 0 Å². The van der Waals surface area contributed by atoms with Crippen LogP contribution in [-0.2, 0) is 6.54 Å². The second kappa shape index (κ2) is 7.46. The summed E-state index contributed by atoms with van der Waals surface area (Å²) >= 11 is 5.94. The van der Waals surface area contributed by atoms with Crippen molar-refractivity contribution in [3.8, 4) is 0 Å². The maximum atomic E-state index is 13.4. The van der Waals surface area contributed by atoms with Gasteiger partial charge in [-0.05, 0) is 53.8 Å². The molecule has 0 aromatic heterocycles. The van der Waals surface area contributed by atoms with Gasteiger partial charge in [0.25, 0.3) is 0 Å². The van der Waals surface area contributed by atoms with E-state index in [1.807, 2.05) is 12.1 Å². The van der Waals surface area contributed by atoms with Crippen LogP contribution in [0.15, 0.2) is 47.5 Å². The minimum Gasteiger partial charge on any atom is -0.381 e. The lowest BCUT2D eigenvalue weighted by molar-refractivity contribution is 0.626. The van der Waals surface area contributed by atoms with Crippen molar-refractivity contribution >= 4 is 23.4 Å². The number of halogens is 2. The maximum absolute atomic E-state index is 13.4. The largest absolute Gasteiger partial charge is 0.381 e. The van der Waals surface area contributed by atoms with Gasteiger partial charge in [-0.1, -0.05) is 49.7 Å². The van der Waals surface area contributed by atoms with E-state index < -0.39 is 0 Å². The van der Waals surface area contributed by atoms with Crippen molar-refractivity contribution in [1.82, 2.24) is 0 Å². The standard InChI is InChI=1S/C19H21ClFN/c1-13(2)18-6-4-5-7-19(18)22-12-15-8-9-17(21)11-16(15)10-14(3)20/h4-11,13,22H,12H2,1-3H3/b14-10-. The van der Waals surface area contributed by atoms with Crippen LogP contribution >= 0.6 is 11.6 Å². The molecule has 0 atom stereocenters. The minimum atomic E-state index is -0.254. The summed E-state index contributed by atoms with van der Waals surface area (Å²) in [5.41, 5.74) is 4.21. The molecule has 2 rings (SSSR count). The van der Waals surface area contributed by atoms with E-state index in [0.29, 0.717) is 17.5 Å². The van der Waals surface area contributed by atoms with Crippen molar-refractivity contribution in [2.75, 3.05) is 5.32 Å². The van der Waals surface area contributed by atoms with Crippen LogP contribution in [0.2, 0.25) is 0 Å². The lowest BCUT2D eigenvalue weighted by Gasteiger charge is -2.15. The zero-order valence-electron chi connectivity index (χ0n) is 13.2. The number of hydrogen-bond donors (Lipinski definition) is 1. The molecule has 0 bridgehead atoms. The fraction of sp³-hybridized carbons (Fsp3) is 0.263. The molecular weight excluding hydrogens is 297 g/mol. The monoisotopic (exact) mass is 317 g/mol. The average molecular weight is 318 g/mol. The van der Waals surface area contributed by atoms with E-state index in [1.165, 1.54) is 17.7 Å². The van der Waals surface area contributed by atoms with Crippen molar-refractivity contribution in [2.45, 2.75) is 33.2 Å². The number of para-hydroxylation sites is 1. The Morgan fingerprint density at radius 1 is 1.23 bits per heavy atom. The first kappa shape index (κ1) is 16.6. The van der Waals surface area contributed by atoms with E-state index in [4.69, 9.17) is 11.6 Å². The fourth-order valence-corrected chi connectivity index (χ4v) is 2.54. The van der Waals surface area contributed by atoms with E-state index in [1.54, 1.807) is 19.1 Å². The number of anilines is 1. The summed E-state index contributed by atoms with van der Waals surface area (Å²) in [6, 6.07) is 13.0. The highest BCUT2D eigenvalue weighted by Crippen LogP contribution is 2.25. The van der Waals surface area contributed by atoms with Gasteiger partial charge in [-0.3, -0.25) is 0 Å². The van der Waals surface area contributed by atoms with E-state index in [-0.39, 0.29) is 5.82 Å². The van der Waals surface area contributed by atoms with Crippen LogP contribution in [0.1, 0.15) is 43.4 Å². The van der Waals surface area contributed by atoms with Crippen molar-refractivity contribution in [2.24, 2.45) is 0 Å². The number of benzene rings is 2. The zero-order chi connectivity index (χ0) is 16.1. The molecular formula is C19H21ClFN. The van der Waals surface area contributed by atoms with Crippen LogP contribution < -0.4 is 5.32 Å². The van der Waals surface area contributed by atoms with Gasteiger partial charge in [0.15, 0.2) is 0 Å². The molecule has 2 aromatic carbocycles. The van der Waals surface area contributed by atoms with Gasteiger partial charge in [-0.15, -0.1) is 0 Å². The van der Waals surface area contributed by atoms with Crippen molar-refractivity contribution in [3.05, 3.63) is 70.0 Å². The molecule has 1 nitrogen and oxygen atoms in total. The molecule has 0 aliphatic heterocycles. The van der Waals surface area contributed by atoms with Crippen molar-refractivity contribution in [3.63, 3.8) is 0 Å². The summed E-state index contributed by atoms with van der Waals surface area (Å²) < 4.78 is 13.4. The van der Waals surface area contributed by atoms with Crippen LogP contribution in [-0.4, -0.2) is 0 Å². The van der Waals surface area contributed by atoms with E-state index in [2.05, 4.69) is 31.3 Å². The molecule has 22 heavy (non-hydrogen) atoms. The van der Waals surface area contributed by atoms with Gasteiger partial charge in [0.1, 0.15) is 5.82 Å². The molecule has 116 valence electrons. The molecule has 0 saturated carbocycles. The summed E-state index contributed by atoms with van der Waals surface area (Å²) in [5, 5.41) is 4.08. The second-order valence-electron chi connectivity index (χ2n) is 5.67. The van der Waals surface area contributed by atoms with Gasteiger partial charge in [0.05, 0.1) is 0 Å². The lowest BCUT2D eigenvalue weighted by Crippen LogP contribution is -2.05. The Kier molecular flexibility index (Phi) is 5.62. The van der Waals surface area contributed by atoms with Gasteiger partial charge in [-0.2, -0.15) is 0 Å². The van der Waals surface area contributed by atoms with E-state index >= 15 is 0 Å².